The van der Waals surface area contributed by atoms with E-state index in [1.54, 1.807) is 13.0 Å². The van der Waals surface area contributed by atoms with Crippen molar-refractivity contribution in [3.8, 4) is 34.1 Å². The van der Waals surface area contributed by atoms with E-state index in [9.17, 15) is 20.4 Å². The summed E-state index contributed by atoms with van der Waals surface area (Å²) in [4.78, 5) is 0. The Morgan fingerprint density at radius 2 is 1.76 bits per heavy atom. The summed E-state index contributed by atoms with van der Waals surface area (Å²) in [6, 6.07) is 7.62. The Balaban J connectivity index is 2.29. The maximum Gasteiger partial charge on any atom is 0.158 e. The normalized spacial score (nSPS) is 20.1. The Morgan fingerprint density at radius 1 is 1.05 bits per heavy atom. The van der Waals surface area contributed by atoms with Gasteiger partial charge in [-0.2, -0.15) is 0 Å². The van der Waals surface area contributed by atoms with E-state index in [-0.39, 0.29) is 23.9 Å². The van der Waals surface area contributed by atoms with Gasteiger partial charge in [0.05, 0.1) is 6.61 Å². The van der Waals surface area contributed by atoms with Gasteiger partial charge in [-0.1, -0.05) is 0 Å². The molecule has 0 unspecified atom stereocenters. The Hall–Kier alpha value is -2.40. The summed E-state index contributed by atoms with van der Waals surface area (Å²) in [6.45, 7) is 1.53. The van der Waals surface area contributed by atoms with E-state index in [0.717, 1.165) is 5.56 Å². The van der Waals surface area contributed by atoms with Crippen molar-refractivity contribution in [2.75, 3.05) is 6.61 Å². The quantitative estimate of drug-likeness (QED) is 0.604. The molecule has 2 aromatic carbocycles. The first-order valence-electron chi connectivity index (χ1n) is 6.60. The van der Waals surface area contributed by atoms with Gasteiger partial charge < -0.3 is 25.2 Å². The highest BCUT2D eigenvalue weighted by Gasteiger charge is 2.32. The van der Waals surface area contributed by atoms with Crippen molar-refractivity contribution in [2.24, 2.45) is 0 Å². The monoisotopic (exact) mass is 288 g/mol. The van der Waals surface area contributed by atoms with Gasteiger partial charge in [0.25, 0.3) is 0 Å². The van der Waals surface area contributed by atoms with E-state index < -0.39 is 5.60 Å². The van der Waals surface area contributed by atoms with E-state index in [4.69, 9.17) is 4.74 Å². The van der Waals surface area contributed by atoms with Crippen LogP contribution in [0.5, 0.6) is 23.0 Å². The smallest absolute Gasteiger partial charge is 0.158 e. The summed E-state index contributed by atoms with van der Waals surface area (Å²) in [6.07, 6.45) is 0.363. The van der Waals surface area contributed by atoms with Crippen molar-refractivity contribution in [3.63, 3.8) is 0 Å². The highest BCUT2D eigenvalue weighted by Crippen LogP contribution is 2.44. The molecule has 1 heterocycles. The molecular weight excluding hydrogens is 272 g/mol. The lowest BCUT2D eigenvalue weighted by molar-refractivity contribution is 0.0271. The van der Waals surface area contributed by atoms with Crippen LogP contribution < -0.4 is 4.74 Å². The van der Waals surface area contributed by atoms with Crippen LogP contribution in [0.1, 0.15) is 12.5 Å². The number of hydrogen-bond donors (Lipinski definition) is 4. The zero-order chi connectivity index (χ0) is 15.2. The Kier molecular flexibility index (Phi) is 2.95. The molecule has 1 aliphatic rings. The first kappa shape index (κ1) is 13.6. The first-order chi connectivity index (χ1) is 9.92. The number of phenolic OH excluding ortho intramolecular Hbond substituents is 3. The van der Waals surface area contributed by atoms with Crippen molar-refractivity contribution < 1.29 is 25.2 Å². The van der Waals surface area contributed by atoms with Crippen LogP contribution in [0.25, 0.3) is 11.1 Å². The second-order valence-electron chi connectivity index (χ2n) is 5.57. The van der Waals surface area contributed by atoms with Gasteiger partial charge in [0.1, 0.15) is 17.1 Å². The molecule has 4 N–H and O–H groups in total. The number of aliphatic hydroxyl groups is 1. The number of benzene rings is 2. The van der Waals surface area contributed by atoms with Crippen LogP contribution in [-0.2, 0) is 6.42 Å². The number of hydrogen-bond acceptors (Lipinski definition) is 5. The van der Waals surface area contributed by atoms with Crippen molar-refractivity contribution in [1.82, 2.24) is 0 Å². The highest BCUT2D eigenvalue weighted by molar-refractivity contribution is 5.77. The van der Waals surface area contributed by atoms with E-state index in [1.165, 1.54) is 24.3 Å². The third-order valence-corrected chi connectivity index (χ3v) is 3.71. The number of aliphatic hydroxyl groups excluding tert-OH is 1. The first-order valence-corrected chi connectivity index (χ1v) is 6.60. The van der Waals surface area contributed by atoms with E-state index in [2.05, 4.69) is 0 Å². The minimum atomic E-state index is -0.878. The van der Waals surface area contributed by atoms with Crippen LogP contribution in [-0.4, -0.2) is 32.6 Å². The van der Waals surface area contributed by atoms with Crippen molar-refractivity contribution in [3.05, 3.63) is 35.9 Å². The molecule has 0 aliphatic carbocycles. The Bertz CT molecular complexity index is 710. The summed E-state index contributed by atoms with van der Waals surface area (Å²) in [5.74, 6) is 0.0486. The third kappa shape index (κ3) is 2.25. The summed E-state index contributed by atoms with van der Waals surface area (Å²) in [5, 5.41) is 38.7. The van der Waals surface area contributed by atoms with Crippen molar-refractivity contribution >= 4 is 0 Å². The van der Waals surface area contributed by atoms with E-state index >= 15 is 0 Å². The molecular formula is C16H16O5. The zero-order valence-corrected chi connectivity index (χ0v) is 11.5. The third-order valence-electron chi connectivity index (χ3n) is 3.71. The molecule has 1 atom stereocenters. The highest BCUT2D eigenvalue weighted by atomic mass is 16.5. The van der Waals surface area contributed by atoms with Crippen LogP contribution in [0.2, 0.25) is 0 Å². The second-order valence-corrected chi connectivity index (χ2v) is 5.57. The van der Waals surface area contributed by atoms with Gasteiger partial charge in [0, 0.05) is 18.1 Å². The molecule has 110 valence electrons. The number of fused-ring (bicyclic) bond motifs is 3. The number of rotatable bonds is 1. The average molecular weight is 288 g/mol. The molecule has 0 fully saturated rings. The van der Waals surface area contributed by atoms with Gasteiger partial charge in [-0.05, 0) is 42.3 Å². The Labute approximate surface area is 121 Å². The lowest BCUT2D eigenvalue weighted by atomic mass is 9.92. The molecule has 5 nitrogen and oxygen atoms in total. The fourth-order valence-electron chi connectivity index (χ4n) is 2.63. The predicted octanol–water partition coefficient (Wildman–Crippen LogP) is 2.16. The number of aromatic hydroxyl groups is 3. The van der Waals surface area contributed by atoms with E-state index in [1.807, 2.05) is 0 Å². The summed E-state index contributed by atoms with van der Waals surface area (Å²) in [5.41, 5.74) is 1.27. The lowest BCUT2D eigenvalue weighted by Crippen LogP contribution is -2.38. The predicted molar refractivity (Wildman–Crippen MR) is 76.7 cm³/mol. The minimum absolute atomic E-state index is 0.0560. The van der Waals surface area contributed by atoms with Gasteiger partial charge in [0.2, 0.25) is 0 Å². The topological polar surface area (TPSA) is 90.2 Å². The molecule has 0 spiro atoms. The molecule has 3 rings (SSSR count). The number of phenols is 3. The zero-order valence-electron chi connectivity index (χ0n) is 11.5. The molecule has 1 aliphatic heterocycles. The van der Waals surface area contributed by atoms with Gasteiger partial charge in [-0.25, -0.2) is 0 Å². The van der Waals surface area contributed by atoms with Gasteiger partial charge >= 0.3 is 0 Å². The maximum absolute atomic E-state index is 9.74. The molecule has 0 bridgehead atoms. The molecule has 0 amide bonds. The second kappa shape index (κ2) is 4.56. The molecule has 0 aromatic heterocycles. The van der Waals surface area contributed by atoms with Crippen LogP contribution >= 0.6 is 0 Å². The van der Waals surface area contributed by atoms with Crippen molar-refractivity contribution in [2.45, 2.75) is 18.9 Å². The Morgan fingerprint density at radius 3 is 2.48 bits per heavy atom. The molecule has 21 heavy (non-hydrogen) atoms. The fourth-order valence-corrected chi connectivity index (χ4v) is 2.63. The summed E-state index contributed by atoms with van der Waals surface area (Å²) in [7, 11) is 0. The molecule has 0 saturated heterocycles. The van der Waals surface area contributed by atoms with Gasteiger partial charge in [-0.15, -0.1) is 0 Å². The summed E-state index contributed by atoms with van der Waals surface area (Å²) < 4.78 is 5.86. The molecule has 5 heteroatoms. The number of ether oxygens (including phenoxy) is 1. The summed E-state index contributed by atoms with van der Waals surface area (Å²) >= 11 is 0. The molecule has 2 aromatic rings. The lowest BCUT2D eigenvalue weighted by Gasteiger charge is -2.27. The largest absolute Gasteiger partial charge is 0.508 e. The maximum atomic E-state index is 9.74. The van der Waals surface area contributed by atoms with Gasteiger partial charge in [0.15, 0.2) is 11.5 Å². The molecule has 0 saturated carbocycles. The van der Waals surface area contributed by atoms with Crippen LogP contribution in [0.3, 0.4) is 0 Å². The average Bonchev–Trinajstić information content (AvgIpc) is 2.54. The SMILES string of the molecule is C[C@]1(CO)Cc2cc(O)c(O)cc2-c2ccc(O)cc2O1. The van der Waals surface area contributed by atoms with Crippen molar-refractivity contribution in [1.29, 1.82) is 0 Å². The van der Waals surface area contributed by atoms with Crippen LogP contribution in [0.4, 0.5) is 0 Å². The van der Waals surface area contributed by atoms with Crippen LogP contribution in [0, 0.1) is 0 Å². The molecule has 0 radical (unpaired) electrons. The van der Waals surface area contributed by atoms with E-state index in [0.29, 0.717) is 23.3 Å². The van der Waals surface area contributed by atoms with Crippen LogP contribution in [0.15, 0.2) is 30.3 Å². The fraction of sp³-hybridized carbons (Fsp3) is 0.250. The standard InChI is InChI=1S/C16H16O5/c1-16(8-17)7-9-4-13(19)14(20)6-12(9)11-3-2-10(18)5-15(11)21-16/h2-6,17-20H,7-8H2,1H3/t16-/m1/s1. The minimum Gasteiger partial charge on any atom is -0.508 e. The van der Waals surface area contributed by atoms with Gasteiger partial charge in [-0.3, -0.25) is 0 Å².